The fraction of sp³-hybridized carbons (Fsp3) is 0.429. The van der Waals surface area contributed by atoms with Crippen molar-refractivity contribution in [3.05, 3.63) is 45.8 Å². The summed E-state index contributed by atoms with van der Waals surface area (Å²) in [5.41, 5.74) is 8.16. The molecule has 2 aromatic rings. The molecule has 0 bridgehead atoms. The fourth-order valence-electron chi connectivity index (χ4n) is 3.41. The molecule has 1 heterocycles. The van der Waals surface area contributed by atoms with Crippen LogP contribution < -0.4 is 11.1 Å². The van der Waals surface area contributed by atoms with Crippen molar-refractivity contribution in [1.29, 1.82) is 0 Å². The van der Waals surface area contributed by atoms with Crippen molar-refractivity contribution in [2.75, 3.05) is 5.32 Å². The van der Waals surface area contributed by atoms with Gasteiger partial charge in [0.15, 0.2) is 0 Å². The van der Waals surface area contributed by atoms with E-state index in [1.165, 1.54) is 27.5 Å². The van der Waals surface area contributed by atoms with Crippen LogP contribution in [0.3, 0.4) is 0 Å². The second-order valence-electron chi connectivity index (χ2n) is 7.17. The first kappa shape index (κ1) is 20.0. The van der Waals surface area contributed by atoms with E-state index < -0.39 is 5.91 Å². The molecule has 0 aliphatic heterocycles. The van der Waals surface area contributed by atoms with Gasteiger partial charge in [0.05, 0.1) is 12.0 Å². The van der Waals surface area contributed by atoms with Gasteiger partial charge < -0.3 is 11.1 Å². The fourth-order valence-corrected chi connectivity index (χ4v) is 5.55. The molecule has 3 N–H and O–H groups in total. The lowest BCUT2D eigenvalue weighted by Crippen LogP contribution is -2.19. The van der Waals surface area contributed by atoms with E-state index in [4.69, 9.17) is 5.73 Å². The molecule has 0 saturated carbocycles. The molecule has 1 aromatic carbocycles. The number of amides is 2. The summed E-state index contributed by atoms with van der Waals surface area (Å²) < 4.78 is 0. The van der Waals surface area contributed by atoms with Gasteiger partial charge in [0, 0.05) is 15.0 Å². The highest BCUT2D eigenvalue weighted by molar-refractivity contribution is 7.99. The van der Waals surface area contributed by atoms with Crippen molar-refractivity contribution in [1.82, 2.24) is 0 Å². The van der Waals surface area contributed by atoms with Gasteiger partial charge in [-0.25, -0.2) is 0 Å². The Morgan fingerprint density at radius 2 is 1.85 bits per heavy atom. The van der Waals surface area contributed by atoms with Gasteiger partial charge in [-0.05, 0) is 48.9 Å². The molecular weight excluding hydrogens is 376 g/mol. The summed E-state index contributed by atoms with van der Waals surface area (Å²) in [6, 6.07) is 8.08. The second-order valence-corrected chi connectivity index (χ2v) is 9.92. The predicted molar refractivity (Wildman–Crippen MR) is 114 cm³/mol. The molecule has 0 unspecified atom stereocenters. The number of primary amides is 1. The predicted octanol–water partition coefficient (Wildman–Crippen LogP) is 4.80. The SMILES string of the molecule is CC(C)Sc1ccc(CC(=O)Nc2sc3c(c2C(N)=O)CCCCC3)cc1. The molecule has 27 heavy (non-hydrogen) atoms. The summed E-state index contributed by atoms with van der Waals surface area (Å²) in [6.07, 6.45) is 5.48. The van der Waals surface area contributed by atoms with Gasteiger partial charge in [-0.3, -0.25) is 9.59 Å². The zero-order chi connectivity index (χ0) is 19.4. The van der Waals surface area contributed by atoms with E-state index in [9.17, 15) is 9.59 Å². The molecular formula is C21H26N2O2S2. The topological polar surface area (TPSA) is 72.2 Å². The molecule has 144 valence electrons. The summed E-state index contributed by atoms with van der Waals surface area (Å²) in [7, 11) is 0. The molecule has 0 saturated heterocycles. The minimum Gasteiger partial charge on any atom is -0.365 e. The number of aryl methyl sites for hydroxylation is 1. The van der Waals surface area contributed by atoms with E-state index in [1.54, 1.807) is 11.8 Å². The van der Waals surface area contributed by atoms with E-state index in [2.05, 4.69) is 31.3 Å². The van der Waals surface area contributed by atoms with Crippen LogP contribution in [0.1, 0.15) is 59.5 Å². The Labute approximate surface area is 168 Å². The third kappa shape index (κ3) is 5.14. The number of hydrogen-bond acceptors (Lipinski definition) is 4. The number of anilines is 1. The van der Waals surface area contributed by atoms with Crippen LogP contribution in [0.4, 0.5) is 5.00 Å². The van der Waals surface area contributed by atoms with Crippen molar-refractivity contribution < 1.29 is 9.59 Å². The third-order valence-corrected chi connectivity index (χ3v) is 6.80. The highest BCUT2D eigenvalue weighted by Crippen LogP contribution is 2.37. The molecule has 1 aliphatic rings. The summed E-state index contributed by atoms with van der Waals surface area (Å²) in [4.78, 5) is 26.9. The smallest absolute Gasteiger partial charge is 0.251 e. The molecule has 0 fully saturated rings. The van der Waals surface area contributed by atoms with Crippen LogP contribution in [0.2, 0.25) is 0 Å². The maximum Gasteiger partial charge on any atom is 0.251 e. The average molecular weight is 403 g/mol. The van der Waals surface area contributed by atoms with Crippen molar-refractivity contribution in [3.8, 4) is 0 Å². The van der Waals surface area contributed by atoms with E-state index in [0.29, 0.717) is 15.8 Å². The Balaban J connectivity index is 1.71. The highest BCUT2D eigenvalue weighted by Gasteiger charge is 2.24. The van der Waals surface area contributed by atoms with Gasteiger partial charge in [-0.2, -0.15) is 0 Å². The molecule has 0 radical (unpaired) electrons. The lowest BCUT2D eigenvalue weighted by molar-refractivity contribution is -0.115. The number of fused-ring (bicyclic) bond motifs is 1. The number of thiophene rings is 1. The Bertz CT molecular complexity index is 825. The Morgan fingerprint density at radius 3 is 2.52 bits per heavy atom. The summed E-state index contributed by atoms with van der Waals surface area (Å²) in [6.45, 7) is 4.32. The zero-order valence-electron chi connectivity index (χ0n) is 15.8. The van der Waals surface area contributed by atoms with Gasteiger partial charge >= 0.3 is 0 Å². The lowest BCUT2D eigenvalue weighted by atomic mass is 10.1. The normalized spacial score (nSPS) is 13.9. The molecule has 6 heteroatoms. The zero-order valence-corrected chi connectivity index (χ0v) is 17.5. The van der Waals surface area contributed by atoms with Gasteiger partial charge in [-0.1, -0.05) is 32.4 Å². The van der Waals surface area contributed by atoms with Crippen LogP contribution in [-0.4, -0.2) is 17.1 Å². The van der Waals surface area contributed by atoms with Crippen molar-refractivity contribution in [2.24, 2.45) is 5.73 Å². The second kappa shape index (κ2) is 8.93. The van der Waals surface area contributed by atoms with Crippen molar-refractivity contribution in [3.63, 3.8) is 0 Å². The van der Waals surface area contributed by atoms with Crippen LogP contribution in [0.5, 0.6) is 0 Å². The summed E-state index contributed by atoms with van der Waals surface area (Å²) in [5, 5.41) is 4.08. The van der Waals surface area contributed by atoms with Crippen LogP contribution in [0.25, 0.3) is 0 Å². The number of carbonyl (C=O) groups is 2. The van der Waals surface area contributed by atoms with Crippen molar-refractivity contribution >= 4 is 39.9 Å². The van der Waals surface area contributed by atoms with Gasteiger partial charge in [-0.15, -0.1) is 23.1 Å². The van der Waals surface area contributed by atoms with Crippen LogP contribution in [0, 0.1) is 0 Å². The Kier molecular flexibility index (Phi) is 6.60. The maximum atomic E-state index is 12.5. The first-order chi connectivity index (χ1) is 12.9. The largest absolute Gasteiger partial charge is 0.365 e. The third-order valence-electron chi connectivity index (χ3n) is 4.58. The first-order valence-corrected chi connectivity index (χ1v) is 11.1. The minimum atomic E-state index is -0.445. The monoisotopic (exact) mass is 402 g/mol. The number of carbonyl (C=O) groups excluding carboxylic acids is 2. The number of thioether (sulfide) groups is 1. The number of hydrogen-bond donors (Lipinski definition) is 2. The van der Waals surface area contributed by atoms with Gasteiger partial charge in [0.1, 0.15) is 5.00 Å². The minimum absolute atomic E-state index is 0.113. The quantitative estimate of drug-likeness (QED) is 0.539. The number of nitrogens with two attached hydrogens (primary N) is 1. The first-order valence-electron chi connectivity index (χ1n) is 9.44. The molecule has 3 rings (SSSR count). The Hall–Kier alpha value is -1.79. The lowest BCUT2D eigenvalue weighted by Gasteiger charge is -2.08. The maximum absolute atomic E-state index is 12.5. The van der Waals surface area contributed by atoms with Crippen molar-refractivity contribution in [2.45, 2.75) is 62.5 Å². The van der Waals surface area contributed by atoms with E-state index in [0.717, 1.165) is 36.8 Å². The van der Waals surface area contributed by atoms with Crippen LogP contribution in [-0.2, 0) is 24.1 Å². The van der Waals surface area contributed by atoms with E-state index >= 15 is 0 Å². The van der Waals surface area contributed by atoms with E-state index in [1.807, 2.05) is 12.1 Å². The molecule has 2 amide bonds. The number of nitrogens with one attached hydrogen (secondary N) is 1. The van der Waals surface area contributed by atoms with Crippen LogP contribution in [0.15, 0.2) is 29.2 Å². The molecule has 1 aliphatic carbocycles. The molecule has 4 nitrogen and oxygen atoms in total. The number of benzene rings is 1. The van der Waals surface area contributed by atoms with Gasteiger partial charge in [0.25, 0.3) is 5.91 Å². The summed E-state index contributed by atoms with van der Waals surface area (Å²) >= 11 is 3.32. The molecule has 0 atom stereocenters. The molecule has 1 aromatic heterocycles. The number of rotatable bonds is 6. The summed E-state index contributed by atoms with van der Waals surface area (Å²) in [5.74, 6) is -0.557. The Morgan fingerprint density at radius 1 is 1.15 bits per heavy atom. The van der Waals surface area contributed by atoms with E-state index in [-0.39, 0.29) is 12.3 Å². The standard InChI is InChI=1S/C21H26N2O2S2/c1-13(2)26-15-10-8-14(9-11-15)12-18(24)23-21-19(20(22)25)16-6-4-3-5-7-17(16)27-21/h8-11,13H,3-7,12H2,1-2H3,(H2,22,25)(H,23,24). The highest BCUT2D eigenvalue weighted by atomic mass is 32.2. The van der Waals surface area contributed by atoms with Gasteiger partial charge in [0.2, 0.25) is 5.91 Å². The molecule has 0 spiro atoms. The van der Waals surface area contributed by atoms with Crippen LogP contribution >= 0.6 is 23.1 Å². The average Bonchev–Trinajstić information content (AvgIpc) is 2.77.